The molecule has 0 saturated heterocycles. The molecule has 5 heteroatoms. The van der Waals surface area contributed by atoms with E-state index in [0.29, 0.717) is 16.7 Å². The maximum atomic E-state index is 11.3. The Labute approximate surface area is 89.6 Å². The fraction of sp³-hybridized carbons (Fsp3) is 0.0909. The van der Waals surface area contributed by atoms with Gasteiger partial charge < -0.3 is 13.6 Å². The molecule has 80 valence electrons. The standard InChI is InChI=1S/C11H7NO4/c1-14-11(13)8-4-7-9-6(2-3-15-9)5-12-10(7)16-8/h2-5H,1H3. The highest BCUT2D eigenvalue weighted by atomic mass is 16.5. The van der Waals surface area contributed by atoms with Crippen molar-refractivity contribution in [3.8, 4) is 0 Å². The predicted molar refractivity (Wildman–Crippen MR) is 55.1 cm³/mol. The number of hydrogen-bond donors (Lipinski definition) is 0. The van der Waals surface area contributed by atoms with E-state index in [4.69, 9.17) is 8.83 Å². The molecule has 0 aromatic carbocycles. The molecule has 5 nitrogen and oxygen atoms in total. The van der Waals surface area contributed by atoms with Gasteiger partial charge in [-0.1, -0.05) is 0 Å². The van der Waals surface area contributed by atoms with E-state index >= 15 is 0 Å². The van der Waals surface area contributed by atoms with Gasteiger partial charge in [-0.15, -0.1) is 0 Å². The number of rotatable bonds is 1. The number of pyridine rings is 1. The Bertz CT molecular complexity index is 679. The van der Waals surface area contributed by atoms with Gasteiger partial charge in [-0.3, -0.25) is 0 Å². The van der Waals surface area contributed by atoms with E-state index in [0.717, 1.165) is 5.39 Å². The van der Waals surface area contributed by atoms with Gasteiger partial charge in [0.1, 0.15) is 5.58 Å². The van der Waals surface area contributed by atoms with Gasteiger partial charge in [0.25, 0.3) is 0 Å². The van der Waals surface area contributed by atoms with Gasteiger partial charge >= 0.3 is 5.97 Å². The van der Waals surface area contributed by atoms with Crippen molar-refractivity contribution >= 4 is 28.0 Å². The number of aromatic nitrogens is 1. The van der Waals surface area contributed by atoms with Crippen LogP contribution in [0.2, 0.25) is 0 Å². The predicted octanol–water partition coefficient (Wildman–Crippen LogP) is 2.36. The monoisotopic (exact) mass is 217 g/mol. The molecular formula is C11H7NO4. The highest BCUT2D eigenvalue weighted by Gasteiger charge is 2.16. The summed E-state index contributed by atoms with van der Waals surface area (Å²) in [4.78, 5) is 15.4. The number of ether oxygens (including phenoxy) is 1. The van der Waals surface area contributed by atoms with Crippen LogP contribution in [0.1, 0.15) is 10.6 Å². The summed E-state index contributed by atoms with van der Waals surface area (Å²) >= 11 is 0. The van der Waals surface area contributed by atoms with Crippen molar-refractivity contribution in [3.63, 3.8) is 0 Å². The number of carbonyl (C=O) groups excluding carboxylic acids is 1. The molecule has 3 aromatic rings. The molecule has 0 radical (unpaired) electrons. The zero-order valence-corrected chi connectivity index (χ0v) is 8.39. The normalized spacial score (nSPS) is 11.1. The van der Waals surface area contributed by atoms with E-state index < -0.39 is 5.97 Å². The van der Waals surface area contributed by atoms with Crippen molar-refractivity contribution in [2.75, 3.05) is 7.11 Å². The Balaban J connectivity index is 2.34. The third kappa shape index (κ3) is 1.11. The fourth-order valence-electron chi connectivity index (χ4n) is 1.61. The molecule has 0 fully saturated rings. The quantitative estimate of drug-likeness (QED) is 0.585. The summed E-state index contributed by atoms with van der Waals surface area (Å²) in [5.74, 6) is -0.411. The van der Waals surface area contributed by atoms with E-state index in [1.54, 1.807) is 24.6 Å². The van der Waals surface area contributed by atoms with E-state index in [-0.39, 0.29) is 5.76 Å². The number of nitrogens with zero attached hydrogens (tertiary/aromatic N) is 1. The maximum Gasteiger partial charge on any atom is 0.374 e. The Kier molecular flexibility index (Phi) is 1.73. The highest BCUT2D eigenvalue weighted by Crippen LogP contribution is 2.27. The summed E-state index contributed by atoms with van der Waals surface area (Å²) in [5.41, 5.74) is 1.02. The third-order valence-corrected chi connectivity index (χ3v) is 2.36. The molecule has 0 bridgehead atoms. The van der Waals surface area contributed by atoms with E-state index in [1.807, 2.05) is 0 Å². The van der Waals surface area contributed by atoms with E-state index in [9.17, 15) is 4.79 Å². The molecule has 0 atom stereocenters. The van der Waals surface area contributed by atoms with Crippen molar-refractivity contribution < 1.29 is 18.4 Å². The zero-order valence-electron chi connectivity index (χ0n) is 8.39. The lowest BCUT2D eigenvalue weighted by Crippen LogP contribution is -1.97. The van der Waals surface area contributed by atoms with Crippen LogP contribution in [0.5, 0.6) is 0 Å². The Morgan fingerprint density at radius 3 is 3.19 bits per heavy atom. The second-order valence-electron chi connectivity index (χ2n) is 3.28. The molecule has 3 aromatic heterocycles. The minimum Gasteiger partial charge on any atom is -0.463 e. The molecule has 16 heavy (non-hydrogen) atoms. The summed E-state index contributed by atoms with van der Waals surface area (Å²) in [7, 11) is 1.30. The topological polar surface area (TPSA) is 65.5 Å². The van der Waals surface area contributed by atoms with Crippen LogP contribution in [0.4, 0.5) is 0 Å². The second kappa shape index (κ2) is 3.10. The van der Waals surface area contributed by atoms with Crippen LogP contribution in [0.25, 0.3) is 22.1 Å². The van der Waals surface area contributed by atoms with Gasteiger partial charge in [-0.25, -0.2) is 9.78 Å². The Morgan fingerprint density at radius 2 is 2.38 bits per heavy atom. The first-order valence-electron chi connectivity index (χ1n) is 4.63. The molecule has 0 aliphatic rings. The first kappa shape index (κ1) is 8.96. The third-order valence-electron chi connectivity index (χ3n) is 2.36. The molecule has 3 rings (SSSR count). The lowest BCUT2D eigenvalue weighted by Gasteiger charge is -1.90. The maximum absolute atomic E-state index is 11.3. The first-order valence-corrected chi connectivity index (χ1v) is 4.63. The minimum absolute atomic E-state index is 0.119. The highest BCUT2D eigenvalue weighted by molar-refractivity contribution is 6.03. The lowest BCUT2D eigenvalue weighted by atomic mass is 10.2. The average molecular weight is 217 g/mol. The van der Waals surface area contributed by atoms with Crippen molar-refractivity contribution in [2.24, 2.45) is 0 Å². The molecule has 0 unspecified atom stereocenters. The van der Waals surface area contributed by atoms with Gasteiger partial charge in [0, 0.05) is 17.6 Å². The molecule has 0 saturated carbocycles. The van der Waals surface area contributed by atoms with Crippen LogP contribution < -0.4 is 0 Å². The number of carbonyl (C=O) groups is 1. The summed E-state index contributed by atoms with van der Waals surface area (Å²) in [6, 6.07) is 3.37. The van der Waals surface area contributed by atoms with Gasteiger partial charge in [0.2, 0.25) is 11.5 Å². The Morgan fingerprint density at radius 1 is 1.50 bits per heavy atom. The summed E-state index contributed by atoms with van der Waals surface area (Å²) in [5, 5.41) is 1.53. The number of fused-ring (bicyclic) bond motifs is 3. The molecule has 0 spiro atoms. The van der Waals surface area contributed by atoms with Gasteiger partial charge in [0.15, 0.2) is 0 Å². The zero-order chi connectivity index (χ0) is 11.1. The average Bonchev–Trinajstić information content (AvgIpc) is 2.92. The van der Waals surface area contributed by atoms with Crippen LogP contribution in [0.15, 0.2) is 33.4 Å². The molecule has 3 heterocycles. The number of methoxy groups -OCH3 is 1. The number of esters is 1. The molecule has 0 aliphatic heterocycles. The number of hydrogen-bond acceptors (Lipinski definition) is 5. The van der Waals surface area contributed by atoms with Gasteiger partial charge in [0.05, 0.1) is 18.8 Å². The largest absolute Gasteiger partial charge is 0.463 e. The van der Waals surface area contributed by atoms with Crippen LogP contribution in [-0.4, -0.2) is 18.1 Å². The first-order chi connectivity index (χ1) is 7.79. The van der Waals surface area contributed by atoms with E-state index in [1.165, 1.54) is 7.11 Å². The van der Waals surface area contributed by atoms with E-state index in [2.05, 4.69) is 9.72 Å². The van der Waals surface area contributed by atoms with Crippen molar-refractivity contribution in [3.05, 3.63) is 30.4 Å². The smallest absolute Gasteiger partial charge is 0.374 e. The molecular weight excluding hydrogens is 210 g/mol. The van der Waals surface area contributed by atoms with Crippen molar-refractivity contribution in [2.45, 2.75) is 0 Å². The van der Waals surface area contributed by atoms with Gasteiger partial charge in [-0.2, -0.15) is 0 Å². The summed E-state index contributed by atoms with van der Waals surface area (Å²) < 4.78 is 15.1. The summed E-state index contributed by atoms with van der Waals surface area (Å²) in [6.45, 7) is 0. The SMILES string of the molecule is COC(=O)c1cc2c(ncc3ccoc32)o1. The fourth-order valence-corrected chi connectivity index (χ4v) is 1.61. The van der Waals surface area contributed by atoms with Crippen molar-refractivity contribution in [1.29, 1.82) is 0 Å². The molecule has 0 amide bonds. The lowest BCUT2D eigenvalue weighted by molar-refractivity contribution is 0.0567. The Hall–Kier alpha value is -2.30. The van der Waals surface area contributed by atoms with Crippen LogP contribution in [0.3, 0.4) is 0 Å². The second-order valence-corrected chi connectivity index (χ2v) is 3.28. The van der Waals surface area contributed by atoms with Gasteiger partial charge in [-0.05, 0) is 6.07 Å². The van der Waals surface area contributed by atoms with Crippen LogP contribution in [0, 0.1) is 0 Å². The van der Waals surface area contributed by atoms with Crippen LogP contribution >= 0.6 is 0 Å². The van der Waals surface area contributed by atoms with Crippen molar-refractivity contribution in [1.82, 2.24) is 4.98 Å². The molecule has 0 aliphatic carbocycles. The molecule has 0 N–H and O–H groups in total. The number of furan rings is 2. The van der Waals surface area contributed by atoms with Crippen LogP contribution in [-0.2, 0) is 4.74 Å². The summed E-state index contributed by atoms with van der Waals surface area (Å²) in [6.07, 6.45) is 3.20. The minimum atomic E-state index is -0.530.